The summed E-state index contributed by atoms with van der Waals surface area (Å²) in [4.78, 5) is 14.2. The maximum atomic E-state index is 13.1. The van der Waals surface area contributed by atoms with Gasteiger partial charge >= 0.3 is 5.97 Å². The van der Waals surface area contributed by atoms with Gasteiger partial charge in [0, 0.05) is 6.07 Å². The molecular weight excluding hydrogens is 273 g/mol. The van der Waals surface area contributed by atoms with Crippen molar-refractivity contribution in [2.45, 2.75) is 12.8 Å². The molecule has 0 saturated carbocycles. The molecule has 1 unspecified atom stereocenters. The molecule has 1 aliphatic heterocycles. The third kappa shape index (κ3) is 4.43. The second-order valence-electron chi connectivity index (χ2n) is 5.54. The van der Waals surface area contributed by atoms with E-state index in [4.69, 9.17) is 9.47 Å². The second kappa shape index (κ2) is 7.41. The Morgan fingerprint density at radius 2 is 2.14 bits per heavy atom. The molecule has 1 aromatic rings. The molecule has 0 N–H and O–H groups in total. The summed E-state index contributed by atoms with van der Waals surface area (Å²) >= 11 is 0. The zero-order valence-corrected chi connectivity index (χ0v) is 12.5. The molecule has 0 amide bonds. The van der Waals surface area contributed by atoms with Gasteiger partial charge in [-0.25, -0.2) is 4.39 Å². The number of nitrogens with zero attached hydrogens (tertiary/aromatic N) is 1. The lowest BCUT2D eigenvalue weighted by atomic mass is 9.85. The minimum atomic E-state index is -0.346. The number of piperidine rings is 1. The number of benzene rings is 1. The fraction of sp³-hybridized carbons (Fsp3) is 0.562. The van der Waals surface area contributed by atoms with Crippen molar-refractivity contribution in [3.63, 3.8) is 0 Å². The van der Waals surface area contributed by atoms with E-state index in [0.29, 0.717) is 5.75 Å². The summed E-state index contributed by atoms with van der Waals surface area (Å²) in [5.41, 5.74) is 0. The van der Waals surface area contributed by atoms with Gasteiger partial charge in [0.1, 0.15) is 18.2 Å². The largest absolute Gasteiger partial charge is 0.493 e. The first-order valence-corrected chi connectivity index (χ1v) is 7.25. The Balaban J connectivity index is 1.98. The molecule has 0 radical (unpaired) electrons. The van der Waals surface area contributed by atoms with Crippen LogP contribution < -0.4 is 4.74 Å². The van der Waals surface area contributed by atoms with E-state index in [1.165, 1.54) is 19.2 Å². The lowest BCUT2D eigenvalue weighted by Crippen LogP contribution is -2.38. The van der Waals surface area contributed by atoms with Gasteiger partial charge in [-0.1, -0.05) is 6.07 Å². The normalized spacial score (nSPS) is 18.2. The average Bonchev–Trinajstić information content (AvgIpc) is 2.49. The van der Waals surface area contributed by atoms with Crippen LogP contribution in [0.1, 0.15) is 12.8 Å². The molecular formula is C16H22FNO3. The van der Waals surface area contributed by atoms with E-state index in [2.05, 4.69) is 11.9 Å². The predicted molar refractivity (Wildman–Crippen MR) is 77.6 cm³/mol. The van der Waals surface area contributed by atoms with Gasteiger partial charge in [0.05, 0.1) is 13.0 Å². The van der Waals surface area contributed by atoms with Crippen LogP contribution in [-0.2, 0) is 9.53 Å². The van der Waals surface area contributed by atoms with Crippen LogP contribution >= 0.6 is 0 Å². The maximum absolute atomic E-state index is 13.1. The van der Waals surface area contributed by atoms with Crippen LogP contribution in [0.5, 0.6) is 5.75 Å². The number of ether oxygens (including phenoxy) is 2. The molecule has 5 heteroatoms. The van der Waals surface area contributed by atoms with Crippen LogP contribution in [0.25, 0.3) is 0 Å². The van der Waals surface area contributed by atoms with Crippen molar-refractivity contribution in [2.75, 3.05) is 33.9 Å². The van der Waals surface area contributed by atoms with Gasteiger partial charge in [0.15, 0.2) is 0 Å². The molecule has 0 aliphatic carbocycles. The van der Waals surface area contributed by atoms with Gasteiger partial charge in [-0.2, -0.15) is 0 Å². The smallest absolute Gasteiger partial charge is 0.312 e. The minimum Gasteiger partial charge on any atom is -0.493 e. The van der Waals surface area contributed by atoms with E-state index in [0.717, 1.165) is 25.9 Å². The molecule has 1 atom stereocenters. The lowest BCUT2D eigenvalue weighted by Gasteiger charge is -2.32. The zero-order valence-electron chi connectivity index (χ0n) is 12.5. The number of hydrogen-bond donors (Lipinski definition) is 0. The molecule has 4 nitrogen and oxygen atoms in total. The highest BCUT2D eigenvalue weighted by molar-refractivity contribution is 5.72. The molecule has 1 heterocycles. The third-order valence-corrected chi connectivity index (χ3v) is 4.06. The first kappa shape index (κ1) is 15.8. The third-order valence-electron chi connectivity index (χ3n) is 4.06. The monoisotopic (exact) mass is 295 g/mol. The molecule has 21 heavy (non-hydrogen) atoms. The molecule has 1 aliphatic rings. The van der Waals surface area contributed by atoms with Gasteiger partial charge in [-0.3, -0.25) is 4.79 Å². The molecule has 2 rings (SSSR count). The van der Waals surface area contributed by atoms with Crippen LogP contribution in [-0.4, -0.2) is 44.7 Å². The van der Waals surface area contributed by atoms with E-state index in [-0.39, 0.29) is 30.2 Å². The fourth-order valence-corrected chi connectivity index (χ4v) is 2.72. The van der Waals surface area contributed by atoms with Crippen molar-refractivity contribution in [3.05, 3.63) is 30.1 Å². The molecule has 0 spiro atoms. The highest BCUT2D eigenvalue weighted by Crippen LogP contribution is 2.26. The highest BCUT2D eigenvalue weighted by atomic mass is 19.1. The lowest BCUT2D eigenvalue weighted by molar-refractivity contribution is -0.149. The summed E-state index contributed by atoms with van der Waals surface area (Å²) in [5, 5.41) is 0. The Hall–Kier alpha value is -1.62. The molecule has 0 aromatic heterocycles. The molecule has 116 valence electrons. The number of rotatable bonds is 5. The van der Waals surface area contributed by atoms with Gasteiger partial charge in [0.25, 0.3) is 0 Å². The van der Waals surface area contributed by atoms with E-state index in [1.807, 2.05) is 0 Å². The topological polar surface area (TPSA) is 38.8 Å². The fourth-order valence-electron chi connectivity index (χ4n) is 2.72. The van der Waals surface area contributed by atoms with Crippen molar-refractivity contribution in [3.8, 4) is 5.75 Å². The molecule has 1 aromatic carbocycles. The summed E-state index contributed by atoms with van der Waals surface area (Å²) in [6, 6.07) is 5.96. The van der Waals surface area contributed by atoms with Crippen LogP contribution in [0.2, 0.25) is 0 Å². The van der Waals surface area contributed by atoms with Gasteiger partial charge < -0.3 is 14.4 Å². The number of likely N-dealkylation sites (tertiary alicyclic amines) is 1. The number of halogens is 1. The summed E-state index contributed by atoms with van der Waals surface area (Å²) < 4.78 is 23.6. The van der Waals surface area contributed by atoms with Crippen molar-refractivity contribution in [1.82, 2.24) is 4.90 Å². The Morgan fingerprint density at radius 1 is 1.43 bits per heavy atom. The van der Waals surface area contributed by atoms with E-state index in [1.54, 1.807) is 12.1 Å². The Kier molecular flexibility index (Phi) is 5.56. The SMILES string of the molecule is COC(=O)C(COc1cccc(F)c1)C1CCN(C)CC1. The number of carbonyl (C=O) groups is 1. The van der Waals surface area contributed by atoms with Crippen LogP contribution in [0.4, 0.5) is 4.39 Å². The number of carbonyl (C=O) groups excluding carboxylic acids is 1. The number of esters is 1. The second-order valence-corrected chi connectivity index (χ2v) is 5.54. The summed E-state index contributed by atoms with van der Waals surface area (Å²) in [6.07, 6.45) is 1.89. The number of methoxy groups -OCH3 is 1. The van der Waals surface area contributed by atoms with Gasteiger partial charge in [-0.05, 0) is 51.0 Å². The average molecular weight is 295 g/mol. The molecule has 0 bridgehead atoms. The molecule has 1 fully saturated rings. The van der Waals surface area contributed by atoms with Crippen LogP contribution in [0.15, 0.2) is 24.3 Å². The van der Waals surface area contributed by atoms with Crippen molar-refractivity contribution in [1.29, 1.82) is 0 Å². The first-order chi connectivity index (χ1) is 10.1. The Bertz CT molecular complexity index is 472. The van der Waals surface area contributed by atoms with E-state index >= 15 is 0 Å². The van der Waals surface area contributed by atoms with E-state index < -0.39 is 0 Å². The summed E-state index contributed by atoms with van der Waals surface area (Å²) in [5.74, 6) is -0.201. The van der Waals surface area contributed by atoms with Crippen LogP contribution in [0, 0.1) is 17.7 Å². The zero-order chi connectivity index (χ0) is 15.2. The summed E-state index contributed by atoms with van der Waals surface area (Å²) in [7, 11) is 3.47. The molecule has 1 saturated heterocycles. The quantitative estimate of drug-likeness (QED) is 0.782. The van der Waals surface area contributed by atoms with Crippen LogP contribution in [0.3, 0.4) is 0 Å². The Labute approximate surface area is 124 Å². The Morgan fingerprint density at radius 3 is 2.76 bits per heavy atom. The van der Waals surface area contributed by atoms with Crippen molar-refractivity contribution < 1.29 is 18.7 Å². The maximum Gasteiger partial charge on any atom is 0.312 e. The van der Waals surface area contributed by atoms with Crippen molar-refractivity contribution >= 4 is 5.97 Å². The summed E-state index contributed by atoms with van der Waals surface area (Å²) in [6.45, 7) is 2.17. The first-order valence-electron chi connectivity index (χ1n) is 7.25. The standard InChI is InChI=1S/C16H22FNO3/c1-18-8-6-12(7-9-18)15(16(19)20-2)11-21-14-5-3-4-13(17)10-14/h3-5,10,12,15H,6-9,11H2,1-2H3. The highest BCUT2D eigenvalue weighted by Gasteiger charge is 2.32. The predicted octanol–water partition coefficient (Wildman–Crippen LogP) is 2.34. The van der Waals surface area contributed by atoms with E-state index in [9.17, 15) is 9.18 Å². The van der Waals surface area contributed by atoms with Gasteiger partial charge in [-0.15, -0.1) is 0 Å². The minimum absolute atomic E-state index is 0.227. The van der Waals surface area contributed by atoms with Gasteiger partial charge in [0.2, 0.25) is 0 Å². The van der Waals surface area contributed by atoms with Crippen molar-refractivity contribution in [2.24, 2.45) is 11.8 Å². The number of hydrogen-bond acceptors (Lipinski definition) is 4.